The Bertz CT molecular complexity index is 367. The second-order valence-corrected chi connectivity index (χ2v) is 5.99. The first-order valence-electron chi connectivity index (χ1n) is 7.19. The first-order valence-corrected chi connectivity index (χ1v) is 7.19. The van der Waals surface area contributed by atoms with E-state index >= 15 is 0 Å². The van der Waals surface area contributed by atoms with Gasteiger partial charge >= 0.3 is 0 Å². The fourth-order valence-electron chi connectivity index (χ4n) is 3.17. The first-order chi connectivity index (χ1) is 8.66. The van der Waals surface area contributed by atoms with Gasteiger partial charge in [-0.05, 0) is 38.1 Å². The molecule has 1 fully saturated rings. The Morgan fingerprint density at radius 1 is 1.33 bits per heavy atom. The van der Waals surface area contributed by atoms with Gasteiger partial charge in [0.2, 0.25) is 5.89 Å². The van der Waals surface area contributed by atoms with Crippen LogP contribution in [0.5, 0.6) is 0 Å². The third-order valence-corrected chi connectivity index (χ3v) is 3.89. The van der Waals surface area contributed by atoms with Crippen LogP contribution in [0, 0.1) is 5.92 Å². The van der Waals surface area contributed by atoms with Crippen molar-refractivity contribution in [2.45, 2.75) is 64.2 Å². The summed E-state index contributed by atoms with van der Waals surface area (Å²) in [5.74, 6) is 2.37. The van der Waals surface area contributed by atoms with Crippen molar-refractivity contribution in [1.82, 2.24) is 10.1 Å². The minimum absolute atomic E-state index is 0.155. The van der Waals surface area contributed by atoms with Gasteiger partial charge in [0.15, 0.2) is 5.82 Å². The fourth-order valence-corrected chi connectivity index (χ4v) is 3.17. The highest BCUT2D eigenvalue weighted by Crippen LogP contribution is 2.44. The molecule has 1 saturated carbocycles. The second-order valence-electron chi connectivity index (χ2n) is 5.99. The molecule has 0 aromatic carbocycles. The largest absolute Gasteiger partial charge is 0.339 e. The van der Waals surface area contributed by atoms with Gasteiger partial charge in [-0.15, -0.1) is 0 Å². The molecule has 0 saturated heterocycles. The van der Waals surface area contributed by atoms with Crippen LogP contribution in [0.4, 0.5) is 0 Å². The quantitative estimate of drug-likeness (QED) is 0.844. The number of nitrogens with two attached hydrogens (primary N) is 1. The van der Waals surface area contributed by atoms with E-state index in [-0.39, 0.29) is 5.41 Å². The number of aromatic nitrogens is 2. The molecule has 0 aliphatic heterocycles. The van der Waals surface area contributed by atoms with Crippen LogP contribution in [0.25, 0.3) is 0 Å². The van der Waals surface area contributed by atoms with Crippen molar-refractivity contribution in [1.29, 1.82) is 0 Å². The van der Waals surface area contributed by atoms with E-state index in [4.69, 9.17) is 10.3 Å². The van der Waals surface area contributed by atoms with Crippen molar-refractivity contribution < 1.29 is 4.52 Å². The number of aryl methyl sites for hydroxylation is 1. The summed E-state index contributed by atoms with van der Waals surface area (Å²) >= 11 is 0. The van der Waals surface area contributed by atoms with Gasteiger partial charge in [0.05, 0.1) is 0 Å². The summed E-state index contributed by atoms with van der Waals surface area (Å²) < 4.78 is 5.55. The molecule has 0 atom stereocenters. The fraction of sp³-hybridized carbons (Fsp3) is 0.857. The summed E-state index contributed by atoms with van der Waals surface area (Å²) in [5, 5.41) is 4.11. The number of hydrogen-bond acceptors (Lipinski definition) is 4. The lowest BCUT2D eigenvalue weighted by atomic mass is 9.78. The van der Waals surface area contributed by atoms with Gasteiger partial charge in [0.1, 0.15) is 0 Å². The molecule has 1 aliphatic carbocycles. The maximum atomic E-state index is 5.55. The molecule has 102 valence electrons. The highest BCUT2D eigenvalue weighted by atomic mass is 16.5. The normalized spacial score (nSPS) is 18.7. The van der Waals surface area contributed by atoms with Crippen LogP contribution in [-0.4, -0.2) is 16.7 Å². The third-order valence-electron chi connectivity index (χ3n) is 3.89. The zero-order valence-electron chi connectivity index (χ0n) is 11.6. The predicted molar refractivity (Wildman–Crippen MR) is 71.3 cm³/mol. The molecule has 18 heavy (non-hydrogen) atoms. The van der Waals surface area contributed by atoms with Crippen molar-refractivity contribution >= 4 is 0 Å². The van der Waals surface area contributed by atoms with Crippen LogP contribution in [0.2, 0.25) is 0 Å². The molecule has 0 unspecified atom stereocenters. The summed E-state index contributed by atoms with van der Waals surface area (Å²) in [6, 6.07) is 0. The van der Waals surface area contributed by atoms with Crippen LogP contribution >= 0.6 is 0 Å². The Hall–Kier alpha value is -0.900. The maximum Gasteiger partial charge on any atom is 0.232 e. The summed E-state index contributed by atoms with van der Waals surface area (Å²) in [6.45, 7) is 5.22. The smallest absolute Gasteiger partial charge is 0.232 e. The van der Waals surface area contributed by atoms with Crippen molar-refractivity contribution in [3.05, 3.63) is 11.7 Å². The molecule has 1 aromatic heterocycles. The summed E-state index contributed by atoms with van der Waals surface area (Å²) in [6.07, 6.45) is 7.88. The predicted octanol–water partition coefficient (Wildman–Crippen LogP) is 2.82. The molecule has 2 rings (SSSR count). The topological polar surface area (TPSA) is 64.9 Å². The van der Waals surface area contributed by atoms with E-state index in [1.54, 1.807) is 0 Å². The van der Waals surface area contributed by atoms with Crippen molar-refractivity contribution in [3.8, 4) is 0 Å². The van der Waals surface area contributed by atoms with Crippen molar-refractivity contribution in [2.24, 2.45) is 11.7 Å². The lowest BCUT2D eigenvalue weighted by Gasteiger charge is -2.26. The van der Waals surface area contributed by atoms with Crippen LogP contribution in [0.3, 0.4) is 0 Å². The number of nitrogens with zero attached hydrogens (tertiary/aromatic N) is 2. The van der Waals surface area contributed by atoms with E-state index < -0.39 is 0 Å². The summed E-state index contributed by atoms with van der Waals surface area (Å²) in [5.41, 5.74) is 5.67. The van der Waals surface area contributed by atoms with E-state index in [9.17, 15) is 0 Å². The monoisotopic (exact) mass is 251 g/mol. The van der Waals surface area contributed by atoms with Crippen LogP contribution in [0.15, 0.2) is 4.52 Å². The Balaban J connectivity index is 2.13. The zero-order valence-corrected chi connectivity index (χ0v) is 11.6. The number of hydrogen-bond donors (Lipinski definition) is 1. The Kier molecular flexibility index (Phi) is 4.38. The van der Waals surface area contributed by atoms with E-state index in [0.29, 0.717) is 12.5 Å². The third kappa shape index (κ3) is 2.91. The summed E-state index contributed by atoms with van der Waals surface area (Å²) in [4.78, 5) is 4.62. The lowest BCUT2D eigenvalue weighted by molar-refractivity contribution is 0.243. The van der Waals surface area contributed by atoms with Crippen molar-refractivity contribution in [3.63, 3.8) is 0 Å². The maximum absolute atomic E-state index is 5.55. The minimum atomic E-state index is 0.155. The zero-order chi connectivity index (χ0) is 13.0. The van der Waals surface area contributed by atoms with E-state index in [0.717, 1.165) is 31.0 Å². The van der Waals surface area contributed by atoms with Crippen LogP contribution < -0.4 is 5.73 Å². The standard InChI is InChI=1S/C14H25N3O/c1-11(2)10-14(7-3-4-8-14)13-16-12(17-18-13)6-5-9-15/h11H,3-10,15H2,1-2H3. The van der Waals surface area contributed by atoms with Gasteiger partial charge in [0.25, 0.3) is 0 Å². The highest BCUT2D eigenvalue weighted by molar-refractivity contribution is 5.08. The van der Waals surface area contributed by atoms with E-state index in [2.05, 4.69) is 24.0 Å². The summed E-state index contributed by atoms with van der Waals surface area (Å²) in [7, 11) is 0. The van der Waals surface area contributed by atoms with Gasteiger partial charge in [-0.25, -0.2) is 0 Å². The van der Waals surface area contributed by atoms with Gasteiger partial charge in [0, 0.05) is 11.8 Å². The minimum Gasteiger partial charge on any atom is -0.339 e. The van der Waals surface area contributed by atoms with E-state index in [1.165, 1.54) is 25.7 Å². The lowest BCUT2D eigenvalue weighted by Crippen LogP contribution is -2.24. The highest BCUT2D eigenvalue weighted by Gasteiger charge is 2.41. The second kappa shape index (κ2) is 5.83. The molecule has 4 nitrogen and oxygen atoms in total. The SMILES string of the molecule is CC(C)CC1(c2nc(CCCN)no2)CCCC1. The van der Waals surface area contributed by atoms with Crippen molar-refractivity contribution in [2.75, 3.05) is 6.54 Å². The molecule has 0 bridgehead atoms. The molecule has 2 N–H and O–H groups in total. The average Bonchev–Trinajstić information content (AvgIpc) is 2.94. The molecule has 1 aliphatic rings. The molecular weight excluding hydrogens is 226 g/mol. The molecular formula is C14H25N3O. The molecule has 1 aromatic rings. The first kappa shape index (κ1) is 13.5. The van der Waals surface area contributed by atoms with Crippen LogP contribution in [-0.2, 0) is 11.8 Å². The van der Waals surface area contributed by atoms with Gasteiger partial charge in [-0.2, -0.15) is 4.98 Å². The van der Waals surface area contributed by atoms with Gasteiger partial charge in [-0.3, -0.25) is 0 Å². The molecule has 4 heteroatoms. The molecule has 0 radical (unpaired) electrons. The van der Waals surface area contributed by atoms with E-state index in [1.807, 2.05) is 0 Å². The molecule has 1 heterocycles. The molecule has 0 amide bonds. The Labute approximate surface area is 109 Å². The number of rotatable bonds is 6. The average molecular weight is 251 g/mol. The Morgan fingerprint density at radius 2 is 2.06 bits per heavy atom. The van der Waals surface area contributed by atoms with Gasteiger partial charge in [-0.1, -0.05) is 31.8 Å². The van der Waals surface area contributed by atoms with Crippen LogP contribution in [0.1, 0.15) is 64.1 Å². The van der Waals surface area contributed by atoms with Gasteiger partial charge < -0.3 is 10.3 Å². The Morgan fingerprint density at radius 3 is 2.67 bits per heavy atom. The molecule has 0 spiro atoms.